The van der Waals surface area contributed by atoms with E-state index >= 15 is 0 Å². The van der Waals surface area contributed by atoms with E-state index in [1.165, 1.54) is 6.07 Å². The predicted molar refractivity (Wildman–Crippen MR) is 142 cm³/mol. The summed E-state index contributed by atoms with van der Waals surface area (Å²) >= 11 is 11.4. The number of hydrogen-bond donors (Lipinski definition) is 4. The molecule has 2 aromatic carbocycles. The molecule has 9 nitrogen and oxygen atoms in total. The van der Waals surface area contributed by atoms with Crippen molar-refractivity contribution in [2.45, 2.75) is 18.8 Å². The molecule has 17 heteroatoms. The Balaban J connectivity index is 0.000000251. The lowest BCUT2D eigenvalue weighted by molar-refractivity contribution is -0.138. The van der Waals surface area contributed by atoms with Crippen molar-refractivity contribution in [3.63, 3.8) is 0 Å². The van der Waals surface area contributed by atoms with E-state index in [4.69, 9.17) is 39.4 Å². The molecule has 41 heavy (non-hydrogen) atoms. The van der Waals surface area contributed by atoms with Gasteiger partial charge in [0.2, 0.25) is 0 Å². The summed E-state index contributed by atoms with van der Waals surface area (Å²) in [5.41, 5.74) is 8.60. The van der Waals surface area contributed by atoms with Crippen LogP contribution in [-0.4, -0.2) is 46.2 Å². The zero-order valence-corrected chi connectivity index (χ0v) is 22.3. The second-order valence-corrected chi connectivity index (χ2v) is 9.64. The van der Waals surface area contributed by atoms with Gasteiger partial charge in [-0.15, -0.1) is 0 Å². The number of hydrogen-bond acceptors (Lipinski definition) is 7. The standard InChI is InChI=1S/C17H15ClF3N5O2.C7H6ClF3N2/c18-10-5-9(17(19,20)21)6-11-16(10)25-12(22-11)7-13-23-14(8-15(27)24-13)26-1-3-28-4-2-26;8-4-1-3(7(9,10)11)2-5(12)6(4)13/h5-6,8H,1-4,7H2,(H,22,25)(H,23,24,27);1-2H,12-13H2. The van der Waals surface area contributed by atoms with Gasteiger partial charge in [-0.2, -0.15) is 26.3 Å². The Morgan fingerprint density at radius 2 is 1.44 bits per heavy atom. The molecule has 3 heterocycles. The van der Waals surface area contributed by atoms with Gasteiger partial charge in [0.05, 0.1) is 57.7 Å². The van der Waals surface area contributed by atoms with Gasteiger partial charge in [0.15, 0.2) is 0 Å². The van der Waals surface area contributed by atoms with Crippen LogP contribution in [0.2, 0.25) is 10.0 Å². The second-order valence-electron chi connectivity index (χ2n) is 8.82. The Morgan fingerprint density at radius 1 is 0.854 bits per heavy atom. The summed E-state index contributed by atoms with van der Waals surface area (Å²) in [6.45, 7) is 2.34. The number of H-pyrrole nitrogens is 2. The van der Waals surface area contributed by atoms with Crippen molar-refractivity contribution in [2.24, 2.45) is 0 Å². The molecule has 1 aliphatic rings. The lowest BCUT2D eigenvalue weighted by Gasteiger charge is -2.27. The number of morpholine rings is 1. The number of fused-ring (bicyclic) bond motifs is 1. The largest absolute Gasteiger partial charge is 0.416 e. The minimum atomic E-state index is -4.51. The topological polar surface area (TPSA) is 139 Å². The summed E-state index contributed by atoms with van der Waals surface area (Å²) in [5.74, 6) is 1.22. The lowest BCUT2D eigenvalue weighted by atomic mass is 10.1. The molecule has 1 aliphatic heterocycles. The number of nitrogens with two attached hydrogens (primary N) is 2. The van der Waals surface area contributed by atoms with Crippen molar-refractivity contribution in [3.05, 3.63) is 73.5 Å². The summed E-state index contributed by atoms with van der Waals surface area (Å²) in [7, 11) is 0. The third-order valence-electron chi connectivity index (χ3n) is 5.85. The molecule has 0 radical (unpaired) electrons. The van der Waals surface area contributed by atoms with Crippen molar-refractivity contribution < 1.29 is 31.1 Å². The molecule has 0 atom stereocenters. The van der Waals surface area contributed by atoms with E-state index in [-0.39, 0.29) is 44.4 Å². The Bertz CT molecular complexity index is 1590. The van der Waals surface area contributed by atoms with Crippen LogP contribution in [0.5, 0.6) is 0 Å². The number of anilines is 3. The van der Waals surface area contributed by atoms with Crippen LogP contribution in [0.15, 0.2) is 35.1 Å². The average molecular weight is 624 g/mol. The van der Waals surface area contributed by atoms with Crippen LogP contribution < -0.4 is 21.9 Å². The summed E-state index contributed by atoms with van der Waals surface area (Å²) in [5, 5.41) is -0.289. The van der Waals surface area contributed by atoms with E-state index in [9.17, 15) is 31.1 Å². The van der Waals surface area contributed by atoms with E-state index in [1.807, 2.05) is 4.90 Å². The van der Waals surface area contributed by atoms with Crippen molar-refractivity contribution >= 4 is 51.4 Å². The Kier molecular flexibility index (Phi) is 8.61. The maximum absolute atomic E-state index is 13.0. The zero-order valence-electron chi connectivity index (χ0n) is 20.8. The van der Waals surface area contributed by atoms with Crippen LogP contribution >= 0.6 is 23.2 Å². The molecular weight excluding hydrogens is 603 g/mol. The first-order valence-electron chi connectivity index (χ1n) is 11.7. The molecule has 220 valence electrons. The molecule has 0 amide bonds. The normalized spacial score (nSPS) is 14.2. The molecular formula is C24H21Cl2F6N7O2. The van der Waals surface area contributed by atoms with E-state index in [0.29, 0.717) is 43.8 Å². The maximum atomic E-state index is 13.0. The fourth-order valence-electron chi connectivity index (χ4n) is 3.87. The molecule has 1 fully saturated rings. The van der Waals surface area contributed by atoms with Crippen LogP contribution in [0.25, 0.3) is 11.0 Å². The number of ether oxygens (including phenoxy) is 1. The van der Waals surface area contributed by atoms with Crippen molar-refractivity contribution in [1.29, 1.82) is 0 Å². The number of nitrogens with zero attached hydrogens (tertiary/aromatic N) is 3. The van der Waals surface area contributed by atoms with Crippen molar-refractivity contribution in [3.8, 4) is 0 Å². The number of alkyl halides is 6. The van der Waals surface area contributed by atoms with Crippen LogP contribution in [0.3, 0.4) is 0 Å². The summed E-state index contributed by atoms with van der Waals surface area (Å²) in [6, 6.07) is 4.69. The van der Waals surface area contributed by atoms with Gasteiger partial charge >= 0.3 is 12.4 Å². The summed E-state index contributed by atoms with van der Waals surface area (Å²) < 4.78 is 80.5. The van der Waals surface area contributed by atoms with Crippen LogP contribution in [0.1, 0.15) is 22.8 Å². The van der Waals surface area contributed by atoms with E-state index < -0.39 is 23.5 Å². The highest BCUT2D eigenvalue weighted by molar-refractivity contribution is 6.35. The lowest BCUT2D eigenvalue weighted by Crippen LogP contribution is -2.37. The minimum absolute atomic E-state index is 0.0327. The number of imidazole rings is 1. The van der Waals surface area contributed by atoms with Gasteiger partial charge in [0, 0.05) is 19.2 Å². The summed E-state index contributed by atoms with van der Waals surface area (Å²) in [4.78, 5) is 28.1. The molecule has 4 aromatic rings. The third kappa shape index (κ3) is 7.34. The average Bonchev–Trinajstić information content (AvgIpc) is 3.29. The molecule has 6 N–H and O–H groups in total. The number of nitrogens with one attached hydrogen (secondary N) is 2. The van der Waals surface area contributed by atoms with Gasteiger partial charge in [-0.25, -0.2) is 9.97 Å². The number of nitrogen functional groups attached to an aromatic ring is 2. The molecule has 0 spiro atoms. The highest BCUT2D eigenvalue weighted by atomic mass is 35.5. The second kappa shape index (κ2) is 11.7. The van der Waals surface area contributed by atoms with Gasteiger partial charge in [-0.3, -0.25) is 4.79 Å². The first-order chi connectivity index (χ1) is 19.1. The Morgan fingerprint density at radius 3 is 2.05 bits per heavy atom. The van der Waals surface area contributed by atoms with Crippen LogP contribution in [0.4, 0.5) is 43.5 Å². The highest BCUT2D eigenvalue weighted by Gasteiger charge is 2.32. The molecule has 2 aromatic heterocycles. The Hall–Kier alpha value is -3.69. The van der Waals surface area contributed by atoms with Gasteiger partial charge in [0.1, 0.15) is 23.0 Å². The predicted octanol–water partition coefficient (Wildman–Crippen LogP) is 5.27. The van der Waals surface area contributed by atoms with Gasteiger partial charge in [-0.1, -0.05) is 23.2 Å². The number of benzene rings is 2. The Labute approximate surface area is 237 Å². The molecule has 0 saturated carbocycles. The summed E-state index contributed by atoms with van der Waals surface area (Å²) in [6.07, 6.45) is -8.85. The van der Waals surface area contributed by atoms with Crippen LogP contribution in [-0.2, 0) is 23.5 Å². The first-order valence-corrected chi connectivity index (χ1v) is 12.5. The maximum Gasteiger partial charge on any atom is 0.416 e. The number of aromatic nitrogens is 4. The number of aromatic amines is 2. The molecule has 0 unspecified atom stereocenters. The fraction of sp³-hybridized carbons (Fsp3) is 0.292. The zero-order chi connectivity index (χ0) is 30.1. The van der Waals surface area contributed by atoms with Crippen molar-refractivity contribution in [2.75, 3.05) is 42.7 Å². The molecule has 0 bridgehead atoms. The third-order valence-corrected chi connectivity index (χ3v) is 6.45. The highest BCUT2D eigenvalue weighted by Crippen LogP contribution is 2.36. The van der Waals surface area contributed by atoms with E-state index in [2.05, 4.69) is 19.9 Å². The van der Waals surface area contributed by atoms with Gasteiger partial charge < -0.3 is 31.1 Å². The molecule has 0 aliphatic carbocycles. The quantitative estimate of drug-likeness (QED) is 0.180. The van der Waals surface area contributed by atoms with Gasteiger partial charge in [-0.05, 0) is 24.3 Å². The minimum Gasteiger partial charge on any atom is -0.397 e. The smallest absolute Gasteiger partial charge is 0.397 e. The fourth-order valence-corrected chi connectivity index (χ4v) is 4.36. The van der Waals surface area contributed by atoms with Crippen molar-refractivity contribution in [1.82, 2.24) is 19.9 Å². The molecule has 1 saturated heterocycles. The number of halogens is 8. The monoisotopic (exact) mass is 623 g/mol. The molecule has 5 rings (SSSR count). The van der Waals surface area contributed by atoms with Gasteiger partial charge in [0.25, 0.3) is 5.56 Å². The first kappa shape index (κ1) is 30.3. The van der Waals surface area contributed by atoms with E-state index in [1.54, 1.807) is 0 Å². The van der Waals surface area contributed by atoms with Crippen LogP contribution in [0, 0.1) is 0 Å². The number of rotatable bonds is 3. The van der Waals surface area contributed by atoms with E-state index in [0.717, 1.165) is 24.3 Å². The SMILES string of the molecule is Nc1cc(C(F)(F)F)cc(Cl)c1N.O=c1cc(N2CCOCC2)nc(Cc2nc3c(Cl)cc(C(F)(F)F)cc3[nH]2)[nH]1.